The van der Waals surface area contributed by atoms with Gasteiger partial charge in [0.05, 0.1) is 10.6 Å². The van der Waals surface area contributed by atoms with Gasteiger partial charge in [-0.25, -0.2) is 0 Å². The molecular formula is C20H18N4O. The highest BCUT2D eigenvalue weighted by Gasteiger charge is 2.02. The number of nitrogen functional groups attached to an aromatic ring is 1. The molecule has 124 valence electrons. The van der Waals surface area contributed by atoms with Gasteiger partial charge in [-0.05, 0) is 36.3 Å². The second kappa shape index (κ2) is 6.20. The third-order valence-electron chi connectivity index (χ3n) is 4.29. The number of aromatic amines is 3. The molecule has 0 bridgehead atoms. The molecule has 2 aromatic carbocycles. The number of nitrogens with one attached hydrogen (secondary N) is 3. The largest absolute Gasteiger partial charge is 0.399 e. The van der Waals surface area contributed by atoms with Crippen molar-refractivity contribution in [1.29, 1.82) is 0 Å². The van der Waals surface area contributed by atoms with Crippen LogP contribution in [0.4, 0.5) is 5.69 Å². The minimum Gasteiger partial charge on any atom is -0.399 e. The van der Waals surface area contributed by atoms with E-state index in [-0.39, 0.29) is 5.56 Å². The van der Waals surface area contributed by atoms with Gasteiger partial charge in [0.1, 0.15) is 0 Å². The van der Waals surface area contributed by atoms with E-state index in [1.54, 1.807) is 0 Å². The SMILES string of the molecule is Nc1ccc(CC=c2[nH][nH]c(=O)c2=Cc2c[nH]c3ccccc23)cc1. The predicted molar refractivity (Wildman–Crippen MR) is 102 cm³/mol. The number of fused-ring (bicyclic) bond motifs is 1. The molecule has 0 atom stereocenters. The minimum absolute atomic E-state index is 0.131. The van der Waals surface area contributed by atoms with Crippen molar-refractivity contribution >= 4 is 28.7 Å². The highest BCUT2D eigenvalue weighted by Crippen LogP contribution is 2.17. The number of benzene rings is 2. The van der Waals surface area contributed by atoms with Crippen LogP contribution in [0, 0.1) is 0 Å². The van der Waals surface area contributed by atoms with E-state index in [0.29, 0.717) is 11.6 Å². The van der Waals surface area contributed by atoms with Gasteiger partial charge in [0.2, 0.25) is 0 Å². The Kier molecular flexibility index (Phi) is 3.74. The Morgan fingerprint density at radius 2 is 1.80 bits per heavy atom. The summed E-state index contributed by atoms with van der Waals surface area (Å²) in [5.74, 6) is 0. The van der Waals surface area contributed by atoms with Gasteiger partial charge in [0.25, 0.3) is 5.56 Å². The molecule has 2 heterocycles. The monoisotopic (exact) mass is 330 g/mol. The van der Waals surface area contributed by atoms with Crippen molar-refractivity contribution in [3.05, 3.63) is 86.8 Å². The van der Waals surface area contributed by atoms with Gasteiger partial charge in [-0.1, -0.05) is 36.4 Å². The number of hydrogen-bond acceptors (Lipinski definition) is 2. The maximum Gasteiger partial charge on any atom is 0.271 e. The standard InChI is InChI=1S/C20H18N4O/c21-15-8-5-13(6-9-15)7-10-19-17(20(25)24-23-19)11-14-12-22-18-4-2-1-3-16(14)18/h1-6,8-12,22-23H,7,21H2,(H,24,25). The molecule has 2 aromatic heterocycles. The summed E-state index contributed by atoms with van der Waals surface area (Å²) in [5.41, 5.74) is 9.50. The highest BCUT2D eigenvalue weighted by molar-refractivity contribution is 5.88. The van der Waals surface area contributed by atoms with Crippen LogP contribution >= 0.6 is 0 Å². The molecule has 0 aliphatic heterocycles. The lowest BCUT2D eigenvalue weighted by atomic mass is 10.1. The molecule has 4 aromatic rings. The molecule has 0 spiro atoms. The maximum atomic E-state index is 12.2. The van der Waals surface area contributed by atoms with Gasteiger partial charge in [-0.2, -0.15) is 0 Å². The smallest absolute Gasteiger partial charge is 0.271 e. The minimum atomic E-state index is -0.131. The normalized spacial score (nSPS) is 13.0. The summed E-state index contributed by atoms with van der Waals surface area (Å²) in [6.07, 6.45) is 6.54. The van der Waals surface area contributed by atoms with Crippen molar-refractivity contribution < 1.29 is 0 Å². The summed E-state index contributed by atoms with van der Waals surface area (Å²) in [7, 11) is 0. The van der Waals surface area contributed by atoms with Crippen LogP contribution in [-0.4, -0.2) is 15.2 Å². The first kappa shape index (κ1) is 15.1. The van der Waals surface area contributed by atoms with Crippen molar-refractivity contribution in [3.8, 4) is 0 Å². The molecule has 5 N–H and O–H groups in total. The predicted octanol–water partition coefficient (Wildman–Crippen LogP) is 1.62. The number of rotatable bonds is 3. The summed E-state index contributed by atoms with van der Waals surface area (Å²) in [6, 6.07) is 15.8. The summed E-state index contributed by atoms with van der Waals surface area (Å²) >= 11 is 0. The number of hydrogen-bond donors (Lipinski definition) is 4. The second-order valence-electron chi connectivity index (χ2n) is 5.99. The van der Waals surface area contributed by atoms with E-state index < -0.39 is 0 Å². The van der Waals surface area contributed by atoms with Crippen LogP contribution in [-0.2, 0) is 6.42 Å². The van der Waals surface area contributed by atoms with Gasteiger partial charge in [-0.3, -0.25) is 15.0 Å². The fraction of sp³-hybridized carbons (Fsp3) is 0.0500. The third kappa shape index (κ3) is 2.99. The fourth-order valence-electron chi connectivity index (χ4n) is 2.93. The zero-order chi connectivity index (χ0) is 17.2. The van der Waals surface area contributed by atoms with Crippen LogP contribution in [0.15, 0.2) is 59.5 Å². The molecule has 0 saturated heterocycles. The molecule has 0 unspecified atom stereocenters. The first-order chi connectivity index (χ1) is 12.2. The van der Waals surface area contributed by atoms with Gasteiger partial charge in [0.15, 0.2) is 0 Å². The third-order valence-corrected chi connectivity index (χ3v) is 4.29. The van der Waals surface area contributed by atoms with Gasteiger partial charge in [0, 0.05) is 28.4 Å². The summed E-state index contributed by atoms with van der Waals surface area (Å²) in [5, 5.41) is 8.13. The number of H-pyrrole nitrogens is 3. The lowest BCUT2D eigenvalue weighted by Gasteiger charge is -1.96. The number of aromatic nitrogens is 3. The van der Waals surface area contributed by atoms with E-state index >= 15 is 0 Å². The number of nitrogens with two attached hydrogens (primary N) is 1. The Morgan fingerprint density at radius 1 is 1.00 bits per heavy atom. The molecule has 25 heavy (non-hydrogen) atoms. The van der Waals surface area contributed by atoms with E-state index in [1.807, 2.05) is 66.9 Å². The van der Waals surface area contributed by atoms with E-state index in [2.05, 4.69) is 15.2 Å². The lowest BCUT2D eigenvalue weighted by Crippen LogP contribution is -2.33. The molecule has 0 aliphatic rings. The Labute approximate surface area is 143 Å². The van der Waals surface area contributed by atoms with Crippen molar-refractivity contribution in [1.82, 2.24) is 15.2 Å². The van der Waals surface area contributed by atoms with E-state index in [0.717, 1.165) is 33.1 Å². The van der Waals surface area contributed by atoms with Crippen molar-refractivity contribution in [3.63, 3.8) is 0 Å². The molecule has 0 amide bonds. The molecule has 0 aliphatic carbocycles. The molecule has 5 heteroatoms. The Hall–Kier alpha value is -3.47. The van der Waals surface area contributed by atoms with E-state index in [4.69, 9.17) is 5.73 Å². The molecule has 4 rings (SSSR count). The topological polar surface area (TPSA) is 90.5 Å². The average molecular weight is 330 g/mol. The quantitative estimate of drug-likeness (QED) is 0.430. The van der Waals surface area contributed by atoms with Crippen LogP contribution in [0.2, 0.25) is 0 Å². The van der Waals surface area contributed by atoms with Crippen LogP contribution in [0.1, 0.15) is 11.1 Å². The summed E-state index contributed by atoms with van der Waals surface area (Å²) in [6.45, 7) is 0. The van der Waals surface area contributed by atoms with Crippen molar-refractivity contribution in [2.75, 3.05) is 5.73 Å². The molecule has 0 saturated carbocycles. The molecule has 0 fully saturated rings. The van der Waals surface area contributed by atoms with Crippen LogP contribution < -0.4 is 21.9 Å². The lowest BCUT2D eigenvalue weighted by molar-refractivity contribution is 1.03. The molecule has 5 nitrogen and oxygen atoms in total. The summed E-state index contributed by atoms with van der Waals surface area (Å²) in [4.78, 5) is 15.4. The van der Waals surface area contributed by atoms with Gasteiger partial charge >= 0.3 is 0 Å². The van der Waals surface area contributed by atoms with Crippen LogP contribution in [0.5, 0.6) is 0 Å². The zero-order valence-corrected chi connectivity index (χ0v) is 13.5. The molecular weight excluding hydrogens is 312 g/mol. The second-order valence-corrected chi connectivity index (χ2v) is 5.99. The summed E-state index contributed by atoms with van der Waals surface area (Å²) < 4.78 is 0. The fourth-order valence-corrected chi connectivity index (χ4v) is 2.93. The van der Waals surface area contributed by atoms with Crippen molar-refractivity contribution in [2.24, 2.45) is 0 Å². The molecule has 0 radical (unpaired) electrons. The number of para-hydroxylation sites is 1. The van der Waals surface area contributed by atoms with Gasteiger partial charge in [-0.15, -0.1) is 0 Å². The van der Waals surface area contributed by atoms with Gasteiger partial charge < -0.3 is 10.7 Å². The first-order valence-electron chi connectivity index (χ1n) is 8.10. The van der Waals surface area contributed by atoms with E-state index in [1.165, 1.54) is 0 Å². The Bertz CT molecular complexity index is 1190. The Morgan fingerprint density at radius 3 is 2.64 bits per heavy atom. The zero-order valence-electron chi connectivity index (χ0n) is 13.5. The first-order valence-corrected chi connectivity index (χ1v) is 8.10. The van der Waals surface area contributed by atoms with E-state index in [9.17, 15) is 4.79 Å². The van der Waals surface area contributed by atoms with Crippen LogP contribution in [0.3, 0.4) is 0 Å². The van der Waals surface area contributed by atoms with Crippen LogP contribution in [0.25, 0.3) is 23.1 Å². The number of anilines is 1. The van der Waals surface area contributed by atoms with Crippen molar-refractivity contribution in [2.45, 2.75) is 6.42 Å². The maximum absolute atomic E-state index is 12.2. The average Bonchev–Trinajstić information content (AvgIpc) is 3.20. The Balaban J connectivity index is 1.78. The highest BCUT2D eigenvalue weighted by atomic mass is 16.1.